The van der Waals surface area contributed by atoms with Crippen molar-refractivity contribution in [3.63, 3.8) is 0 Å². The van der Waals surface area contributed by atoms with Crippen molar-refractivity contribution in [1.29, 1.82) is 0 Å². The molecule has 2 nitrogen and oxygen atoms in total. The molecule has 0 bridgehead atoms. The summed E-state index contributed by atoms with van der Waals surface area (Å²) in [6.07, 6.45) is 5.65. The van der Waals surface area contributed by atoms with E-state index in [4.69, 9.17) is 4.74 Å². The van der Waals surface area contributed by atoms with Gasteiger partial charge in [0, 0.05) is 18.1 Å². The van der Waals surface area contributed by atoms with E-state index in [0.29, 0.717) is 23.5 Å². The van der Waals surface area contributed by atoms with Crippen LogP contribution in [0, 0.1) is 17.3 Å². The van der Waals surface area contributed by atoms with Crippen molar-refractivity contribution in [2.24, 2.45) is 17.3 Å². The van der Waals surface area contributed by atoms with Gasteiger partial charge in [0.2, 0.25) is 0 Å². The molecule has 114 valence electrons. The Hall–Kier alpha value is -0.0800. The second-order valence-electron chi connectivity index (χ2n) is 7.67. The highest BCUT2D eigenvalue weighted by atomic mass is 16.5. The van der Waals surface area contributed by atoms with Gasteiger partial charge in [-0.15, -0.1) is 0 Å². The first-order chi connectivity index (χ1) is 8.84. The summed E-state index contributed by atoms with van der Waals surface area (Å²) in [5, 5.41) is 3.72. The van der Waals surface area contributed by atoms with Crippen LogP contribution in [-0.2, 0) is 4.74 Å². The predicted octanol–water partition coefficient (Wildman–Crippen LogP) is 4.24. The van der Waals surface area contributed by atoms with Crippen LogP contribution in [0.5, 0.6) is 0 Å². The minimum absolute atomic E-state index is 0.299. The van der Waals surface area contributed by atoms with Crippen molar-refractivity contribution in [2.75, 3.05) is 13.2 Å². The van der Waals surface area contributed by atoms with Crippen LogP contribution in [0.3, 0.4) is 0 Å². The fraction of sp³-hybridized carbons (Fsp3) is 1.00. The number of ether oxygens (including phenoxy) is 1. The van der Waals surface area contributed by atoms with Gasteiger partial charge in [0.1, 0.15) is 0 Å². The zero-order valence-electron chi connectivity index (χ0n) is 14.0. The maximum absolute atomic E-state index is 6.00. The lowest BCUT2D eigenvalue weighted by atomic mass is 9.64. The molecular weight excluding hydrogens is 234 g/mol. The standard InChI is InChI=1S/C17H35NO/c1-13(2)9-7-8-10-18-15-11-16(17(15,5)6)19-12-14(3)4/h13-16,18H,7-12H2,1-6H3. The molecule has 0 radical (unpaired) electrons. The third-order valence-electron chi connectivity index (χ3n) is 4.41. The fourth-order valence-electron chi connectivity index (χ4n) is 2.78. The normalized spacial score (nSPS) is 25.9. The second-order valence-corrected chi connectivity index (χ2v) is 7.67. The molecule has 0 spiro atoms. The van der Waals surface area contributed by atoms with Crippen molar-refractivity contribution >= 4 is 0 Å². The molecule has 0 amide bonds. The van der Waals surface area contributed by atoms with E-state index in [0.717, 1.165) is 19.1 Å². The Labute approximate surface area is 120 Å². The lowest BCUT2D eigenvalue weighted by Crippen LogP contribution is -2.61. The zero-order valence-corrected chi connectivity index (χ0v) is 14.0. The summed E-state index contributed by atoms with van der Waals surface area (Å²) in [6.45, 7) is 15.8. The Morgan fingerprint density at radius 2 is 1.79 bits per heavy atom. The molecule has 0 aromatic heterocycles. The van der Waals surface area contributed by atoms with Crippen LogP contribution in [0.15, 0.2) is 0 Å². The van der Waals surface area contributed by atoms with Crippen LogP contribution in [0.4, 0.5) is 0 Å². The van der Waals surface area contributed by atoms with Crippen molar-refractivity contribution in [1.82, 2.24) is 5.32 Å². The van der Waals surface area contributed by atoms with Crippen LogP contribution in [0.1, 0.15) is 67.2 Å². The molecule has 2 atom stereocenters. The molecule has 1 aliphatic rings. The van der Waals surface area contributed by atoms with E-state index in [1.165, 1.54) is 25.7 Å². The first-order valence-electron chi connectivity index (χ1n) is 8.19. The van der Waals surface area contributed by atoms with Crippen LogP contribution < -0.4 is 5.32 Å². The summed E-state index contributed by atoms with van der Waals surface area (Å²) in [4.78, 5) is 0. The molecule has 1 rings (SSSR count). The largest absolute Gasteiger partial charge is 0.377 e. The van der Waals surface area contributed by atoms with Gasteiger partial charge in [-0.3, -0.25) is 0 Å². The van der Waals surface area contributed by atoms with Gasteiger partial charge in [-0.1, -0.05) is 54.4 Å². The number of hydrogen-bond acceptors (Lipinski definition) is 2. The summed E-state index contributed by atoms with van der Waals surface area (Å²) in [7, 11) is 0. The van der Waals surface area contributed by atoms with Gasteiger partial charge in [-0.2, -0.15) is 0 Å². The molecule has 1 fully saturated rings. The van der Waals surface area contributed by atoms with Crippen molar-refractivity contribution in [3.8, 4) is 0 Å². The average Bonchev–Trinajstić information content (AvgIpc) is 2.29. The molecule has 1 saturated carbocycles. The Kier molecular flexibility index (Phi) is 6.82. The van der Waals surface area contributed by atoms with E-state index in [1.54, 1.807) is 0 Å². The van der Waals surface area contributed by atoms with Crippen LogP contribution in [0.25, 0.3) is 0 Å². The highest BCUT2D eigenvalue weighted by Gasteiger charge is 2.48. The molecule has 0 aromatic carbocycles. The first kappa shape index (κ1) is 17.0. The smallest absolute Gasteiger partial charge is 0.0656 e. The maximum atomic E-state index is 6.00. The summed E-state index contributed by atoms with van der Waals surface area (Å²) in [6, 6.07) is 0.642. The SMILES string of the molecule is CC(C)CCCCNC1CC(OCC(C)C)C1(C)C. The Balaban J connectivity index is 2.13. The molecular formula is C17H35NO. The van der Waals surface area contributed by atoms with E-state index >= 15 is 0 Å². The molecule has 0 aliphatic heterocycles. The van der Waals surface area contributed by atoms with Gasteiger partial charge < -0.3 is 10.1 Å². The zero-order chi connectivity index (χ0) is 14.5. The summed E-state index contributed by atoms with van der Waals surface area (Å²) in [5.41, 5.74) is 0.299. The summed E-state index contributed by atoms with van der Waals surface area (Å²) < 4.78 is 6.00. The molecule has 1 N–H and O–H groups in total. The molecule has 19 heavy (non-hydrogen) atoms. The van der Waals surface area contributed by atoms with Gasteiger partial charge >= 0.3 is 0 Å². The van der Waals surface area contributed by atoms with E-state index in [9.17, 15) is 0 Å². The average molecular weight is 269 g/mol. The van der Waals surface area contributed by atoms with E-state index < -0.39 is 0 Å². The quantitative estimate of drug-likeness (QED) is 0.632. The topological polar surface area (TPSA) is 21.3 Å². The summed E-state index contributed by atoms with van der Waals surface area (Å²) >= 11 is 0. The molecule has 0 saturated heterocycles. The van der Waals surface area contributed by atoms with Gasteiger partial charge in [0.25, 0.3) is 0 Å². The van der Waals surface area contributed by atoms with Crippen molar-refractivity contribution in [2.45, 2.75) is 79.4 Å². The maximum Gasteiger partial charge on any atom is 0.0656 e. The highest BCUT2D eigenvalue weighted by molar-refractivity contribution is 5.02. The van der Waals surface area contributed by atoms with E-state index in [-0.39, 0.29) is 0 Å². The Morgan fingerprint density at radius 1 is 1.11 bits per heavy atom. The third-order valence-corrected chi connectivity index (χ3v) is 4.41. The Morgan fingerprint density at radius 3 is 2.32 bits per heavy atom. The molecule has 1 aliphatic carbocycles. The minimum Gasteiger partial charge on any atom is -0.377 e. The monoisotopic (exact) mass is 269 g/mol. The summed E-state index contributed by atoms with van der Waals surface area (Å²) in [5.74, 6) is 1.48. The fourth-order valence-corrected chi connectivity index (χ4v) is 2.78. The van der Waals surface area contributed by atoms with Gasteiger partial charge in [-0.05, 0) is 31.2 Å². The van der Waals surface area contributed by atoms with E-state index in [2.05, 4.69) is 46.9 Å². The van der Waals surface area contributed by atoms with Gasteiger partial charge in [-0.25, -0.2) is 0 Å². The van der Waals surface area contributed by atoms with Crippen LogP contribution >= 0.6 is 0 Å². The number of unbranched alkanes of at least 4 members (excludes halogenated alkanes) is 1. The predicted molar refractivity (Wildman–Crippen MR) is 83.5 cm³/mol. The number of nitrogens with one attached hydrogen (secondary N) is 1. The molecule has 0 aromatic rings. The first-order valence-corrected chi connectivity index (χ1v) is 8.19. The number of rotatable bonds is 9. The van der Waals surface area contributed by atoms with Crippen LogP contribution in [0.2, 0.25) is 0 Å². The van der Waals surface area contributed by atoms with Crippen molar-refractivity contribution in [3.05, 3.63) is 0 Å². The minimum atomic E-state index is 0.299. The van der Waals surface area contributed by atoms with Crippen LogP contribution in [-0.4, -0.2) is 25.3 Å². The molecule has 2 heteroatoms. The second kappa shape index (κ2) is 7.64. The third kappa shape index (κ3) is 5.43. The Bertz CT molecular complexity index is 248. The lowest BCUT2D eigenvalue weighted by Gasteiger charge is -2.52. The molecule has 0 heterocycles. The lowest BCUT2D eigenvalue weighted by molar-refractivity contribution is -0.123. The molecule has 2 unspecified atom stereocenters. The van der Waals surface area contributed by atoms with Gasteiger partial charge in [0.05, 0.1) is 6.10 Å². The van der Waals surface area contributed by atoms with E-state index in [1.807, 2.05) is 0 Å². The highest BCUT2D eigenvalue weighted by Crippen LogP contribution is 2.42. The van der Waals surface area contributed by atoms with Crippen molar-refractivity contribution < 1.29 is 4.74 Å². The van der Waals surface area contributed by atoms with Gasteiger partial charge in [0.15, 0.2) is 0 Å². The number of hydrogen-bond donors (Lipinski definition) is 1.